The van der Waals surface area contributed by atoms with Gasteiger partial charge >= 0.3 is 0 Å². The third kappa shape index (κ3) is 56.5. The Balaban J connectivity index is 2.25. The SMILES string of the molecule is CCCCCCCCCCCCCCCCCCCCCCCOc1c[c]cc(OCCCCCCCCCCCCCCCCCCCCCCC)c1OCCCCCCCCCCCCCCCCCCCCCCC. The van der Waals surface area contributed by atoms with Crippen LogP contribution >= 0.6 is 0 Å². The number of hydrogen-bond donors (Lipinski definition) is 0. The standard InChI is InChI=1S/C75H143O3/c1-4-7-10-13-16-19-22-25-28-31-34-37-40-43-46-49-52-55-58-61-64-70-76-73-68-67-69-74(77-71-65-62-59-56-53-50-47-44-41-38-35-32-29-26-23-20-17-14-11-8-5-2)75(73)78-72-66-63-60-57-54-51-48-45-42-39-36-33-30-27-24-21-18-15-12-9-6-3/h68-69H,4-66,70-72H2,1-3H3. The summed E-state index contributed by atoms with van der Waals surface area (Å²) in [4.78, 5) is 0. The molecule has 1 rings (SSSR count). The molecule has 78 heavy (non-hydrogen) atoms. The third-order valence-electron chi connectivity index (χ3n) is 17.4. The molecule has 1 aromatic rings. The second-order valence-electron chi connectivity index (χ2n) is 25.3. The molecule has 0 aliphatic rings. The van der Waals surface area contributed by atoms with Gasteiger partial charge in [-0.15, -0.1) is 0 Å². The number of ether oxygens (including phenoxy) is 3. The lowest BCUT2D eigenvalue weighted by atomic mass is 10.0. The van der Waals surface area contributed by atoms with Crippen molar-refractivity contribution in [1.82, 2.24) is 0 Å². The Kier molecular flexibility index (Phi) is 63.6. The molecule has 0 saturated carbocycles. The molecule has 0 atom stereocenters. The van der Waals surface area contributed by atoms with E-state index in [0.29, 0.717) is 0 Å². The van der Waals surface area contributed by atoms with Gasteiger partial charge in [-0.1, -0.05) is 406 Å². The van der Waals surface area contributed by atoms with Gasteiger partial charge in [0.2, 0.25) is 5.75 Å². The minimum atomic E-state index is 0.731. The van der Waals surface area contributed by atoms with Crippen molar-refractivity contribution in [2.24, 2.45) is 0 Å². The van der Waals surface area contributed by atoms with Gasteiger partial charge in [0.1, 0.15) is 0 Å². The van der Waals surface area contributed by atoms with Crippen LogP contribution in [0.2, 0.25) is 0 Å². The minimum Gasteiger partial charge on any atom is -0.490 e. The summed E-state index contributed by atoms with van der Waals surface area (Å²) in [5.74, 6) is 2.46. The van der Waals surface area contributed by atoms with Crippen LogP contribution in [0.4, 0.5) is 0 Å². The molecule has 0 saturated heterocycles. The topological polar surface area (TPSA) is 27.7 Å². The highest BCUT2D eigenvalue weighted by Crippen LogP contribution is 2.38. The Labute approximate surface area is 492 Å². The van der Waals surface area contributed by atoms with Crippen LogP contribution in [0.5, 0.6) is 17.2 Å². The van der Waals surface area contributed by atoms with Crippen molar-refractivity contribution < 1.29 is 14.2 Å². The lowest BCUT2D eigenvalue weighted by Crippen LogP contribution is -2.06. The van der Waals surface area contributed by atoms with Crippen LogP contribution in [0.1, 0.15) is 425 Å². The van der Waals surface area contributed by atoms with Gasteiger partial charge < -0.3 is 14.2 Å². The summed E-state index contributed by atoms with van der Waals surface area (Å²) in [5, 5.41) is 0. The summed E-state index contributed by atoms with van der Waals surface area (Å²) in [6, 6.07) is 7.30. The Bertz CT molecular complexity index is 1160. The molecule has 1 aromatic carbocycles. The van der Waals surface area contributed by atoms with E-state index >= 15 is 0 Å². The predicted octanol–water partition coefficient (Wildman–Crippen LogP) is 27.3. The number of benzene rings is 1. The van der Waals surface area contributed by atoms with Crippen molar-refractivity contribution in [3.05, 3.63) is 18.2 Å². The van der Waals surface area contributed by atoms with Crippen molar-refractivity contribution in [3.63, 3.8) is 0 Å². The van der Waals surface area contributed by atoms with Crippen LogP contribution in [-0.2, 0) is 0 Å². The first kappa shape index (κ1) is 74.6. The normalized spacial score (nSPS) is 11.6. The van der Waals surface area contributed by atoms with Crippen LogP contribution < -0.4 is 14.2 Å². The molecule has 0 aromatic heterocycles. The van der Waals surface area contributed by atoms with E-state index < -0.39 is 0 Å². The van der Waals surface area contributed by atoms with E-state index in [1.807, 2.05) is 12.1 Å². The van der Waals surface area contributed by atoms with E-state index in [0.717, 1.165) is 56.3 Å². The summed E-state index contributed by atoms with van der Waals surface area (Å²) < 4.78 is 19.4. The third-order valence-corrected chi connectivity index (χ3v) is 17.4. The monoisotopic (exact) mass is 1090 g/mol. The summed E-state index contributed by atoms with van der Waals surface area (Å²) in [7, 11) is 0. The maximum absolute atomic E-state index is 6.54. The summed E-state index contributed by atoms with van der Waals surface area (Å²) in [5.41, 5.74) is 0. The Morgan fingerprint density at radius 3 is 0.500 bits per heavy atom. The van der Waals surface area contributed by atoms with E-state index in [1.54, 1.807) is 0 Å². The fraction of sp³-hybridized carbons (Fsp3) is 0.920. The zero-order valence-electron chi connectivity index (χ0n) is 54.0. The number of hydrogen-bond acceptors (Lipinski definition) is 3. The van der Waals surface area contributed by atoms with E-state index in [4.69, 9.17) is 14.2 Å². The molecule has 0 unspecified atom stereocenters. The molecule has 0 aliphatic heterocycles. The van der Waals surface area contributed by atoms with Gasteiger partial charge in [-0.2, -0.15) is 0 Å². The highest BCUT2D eigenvalue weighted by molar-refractivity contribution is 5.50. The quantitative estimate of drug-likeness (QED) is 0.0609. The molecule has 461 valence electrons. The van der Waals surface area contributed by atoms with Gasteiger partial charge in [0.15, 0.2) is 11.5 Å². The Morgan fingerprint density at radius 2 is 0.333 bits per heavy atom. The van der Waals surface area contributed by atoms with Crippen molar-refractivity contribution in [2.75, 3.05) is 19.8 Å². The van der Waals surface area contributed by atoms with Crippen molar-refractivity contribution in [1.29, 1.82) is 0 Å². The Morgan fingerprint density at radius 1 is 0.192 bits per heavy atom. The summed E-state index contributed by atoms with van der Waals surface area (Å²) in [6.45, 7) is 9.15. The molecule has 0 amide bonds. The average molecular weight is 1090 g/mol. The van der Waals surface area contributed by atoms with Gasteiger partial charge in [-0.25, -0.2) is 0 Å². The second-order valence-corrected chi connectivity index (χ2v) is 25.3. The average Bonchev–Trinajstić information content (AvgIpc) is 3.46. The summed E-state index contributed by atoms with van der Waals surface area (Å²) >= 11 is 0. The molecule has 0 aliphatic carbocycles. The smallest absolute Gasteiger partial charge is 0.203 e. The number of rotatable bonds is 69. The van der Waals surface area contributed by atoms with Crippen LogP contribution in [0.25, 0.3) is 0 Å². The molecule has 0 fully saturated rings. The first-order valence-electron chi connectivity index (χ1n) is 36.8. The molecule has 3 nitrogen and oxygen atoms in total. The zero-order chi connectivity index (χ0) is 55.6. The van der Waals surface area contributed by atoms with Crippen LogP contribution in [0.15, 0.2) is 12.1 Å². The van der Waals surface area contributed by atoms with Crippen LogP contribution in [0.3, 0.4) is 0 Å². The van der Waals surface area contributed by atoms with Crippen molar-refractivity contribution >= 4 is 0 Å². The predicted molar refractivity (Wildman–Crippen MR) is 350 cm³/mol. The maximum Gasteiger partial charge on any atom is 0.203 e. The van der Waals surface area contributed by atoms with E-state index in [1.165, 1.54) is 385 Å². The molecular formula is C75H143O3. The highest BCUT2D eigenvalue weighted by Gasteiger charge is 2.14. The molecule has 1 radical (unpaired) electrons. The van der Waals surface area contributed by atoms with E-state index in [2.05, 4.69) is 26.8 Å². The van der Waals surface area contributed by atoms with E-state index in [9.17, 15) is 0 Å². The van der Waals surface area contributed by atoms with Gasteiger partial charge in [0, 0.05) is 0 Å². The number of unbranched alkanes of at least 4 members (excludes halogenated alkanes) is 60. The molecule has 0 spiro atoms. The fourth-order valence-electron chi connectivity index (χ4n) is 11.9. The largest absolute Gasteiger partial charge is 0.490 e. The minimum absolute atomic E-state index is 0.731. The second kappa shape index (κ2) is 66.4. The maximum atomic E-state index is 6.54. The molecule has 3 heteroatoms. The lowest BCUT2D eigenvalue weighted by molar-refractivity contribution is 0.234. The van der Waals surface area contributed by atoms with Crippen molar-refractivity contribution in [3.8, 4) is 17.2 Å². The fourth-order valence-corrected chi connectivity index (χ4v) is 11.9. The first-order valence-corrected chi connectivity index (χ1v) is 36.8. The van der Waals surface area contributed by atoms with Gasteiger partial charge in [0.25, 0.3) is 0 Å². The van der Waals surface area contributed by atoms with Gasteiger partial charge in [0.05, 0.1) is 19.8 Å². The summed E-state index contributed by atoms with van der Waals surface area (Å²) in [6.07, 6.45) is 88.7. The molecule has 0 heterocycles. The first-order chi connectivity index (χ1) is 38.8. The Hall–Kier alpha value is -1.38. The lowest BCUT2D eigenvalue weighted by Gasteiger charge is -2.17. The van der Waals surface area contributed by atoms with Crippen molar-refractivity contribution in [2.45, 2.75) is 425 Å². The molecule has 0 bridgehead atoms. The van der Waals surface area contributed by atoms with E-state index in [-0.39, 0.29) is 0 Å². The zero-order valence-corrected chi connectivity index (χ0v) is 54.0. The molecular weight excluding hydrogens is 949 g/mol. The highest BCUT2D eigenvalue weighted by atomic mass is 16.5. The van der Waals surface area contributed by atoms with Gasteiger partial charge in [-0.3, -0.25) is 0 Å². The van der Waals surface area contributed by atoms with Crippen LogP contribution in [-0.4, -0.2) is 19.8 Å². The van der Waals surface area contributed by atoms with Crippen LogP contribution in [0, 0.1) is 6.07 Å². The van der Waals surface area contributed by atoms with Gasteiger partial charge in [-0.05, 0) is 37.5 Å². The molecule has 0 N–H and O–H groups in total.